The van der Waals surface area contributed by atoms with Gasteiger partial charge in [0.15, 0.2) is 0 Å². The highest BCUT2D eigenvalue weighted by atomic mass is 79.9. The smallest absolute Gasteiger partial charge is 0.124 e. The Kier molecular flexibility index (Phi) is 5.95. The van der Waals surface area contributed by atoms with Crippen molar-refractivity contribution in [2.45, 2.75) is 13.2 Å². The minimum absolute atomic E-state index is 0.250. The summed E-state index contributed by atoms with van der Waals surface area (Å²) in [5.74, 6) is 0.536. The topological polar surface area (TPSA) is 21.3 Å². The van der Waals surface area contributed by atoms with Gasteiger partial charge in [-0.1, -0.05) is 39.7 Å². The molecule has 1 N–H and O–H groups in total. The zero-order valence-electron chi connectivity index (χ0n) is 13.3. The minimum Gasteiger partial charge on any atom is -0.489 e. The van der Waals surface area contributed by atoms with Gasteiger partial charge in [0.2, 0.25) is 0 Å². The third kappa shape index (κ3) is 5.21. The monoisotopic (exact) mass is 419 g/mol. The maximum Gasteiger partial charge on any atom is 0.124 e. The third-order valence-corrected chi connectivity index (χ3v) is 4.40. The first-order valence-corrected chi connectivity index (χ1v) is 8.92. The van der Waals surface area contributed by atoms with E-state index in [9.17, 15) is 4.39 Å². The highest BCUT2D eigenvalue weighted by molar-refractivity contribution is 9.10. The number of halogens is 3. The van der Waals surface area contributed by atoms with E-state index in [2.05, 4.69) is 21.2 Å². The Bertz CT molecular complexity index is 837. The van der Waals surface area contributed by atoms with Crippen LogP contribution in [0.1, 0.15) is 11.1 Å². The van der Waals surface area contributed by atoms with E-state index in [0.717, 1.165) is 27.0 Å². The number of hydrogen-bond donors (Lipinski definition) is 1. The Morgan fingerprint density at radius 1 is 0.960 bits per heavy atom. The summed E-state index contributed by atoms with van der Waals surface area (Å²) in [5.41, 5.74) is 2.92. The van der Waals surface area contributed by atoms with Crippen LogP contribution in [0.25, 0.3) is 0 Å². The molecule has 5 heteroatoms. The van der Waals surface area contributed by atoms with Crippen LogP contribution in [0.15, 0.2) is 71.2 Å². The second-order valence-electron chi connectivity index (χ2n) is 5.53. The van der Waals surface area contributed by atoms with Crippen LogP contribution in [-0.4, -0.2) is 0 Å². The van der Waals surface area contributed by atoms with Crippen molar-refractivity contribution in [3.63, 3.8) is 0 Å². The highest BCUT2D eigenvalue weighted by Crippen LogP contribution is 2.25. The van der Waals surface area contributed by atoms with Crippen molar-refractivity contribution in [3.8, 4) is 5.75 Å². The van der Waals surface area contributed by atoms with Gasteiger partial charge in [-0.05, 0) is 60.2 Å². The van der Waals surface area contributed by atoms with Crippen molar-refractivity contribution >= 4 is 33.2 Å². The lowest BCUT2D eigenvalue weighted by molar-refractivity contribution is 0.303. The Morgan fingerprint density at radius 2 is 1.68 bits per heavy atom. The summed E-state index contributed by atoms with van der Waals surface area (Å²) < 4.78 is 19.9. The second-order valence-corrected chi connectivity index (χ2v) is 6.88. The van der Waals surface area contributed by atoms with Crippen molar-refractivity contribution in [2.75, 3.05) is 5.32 Å². The number of hydrogen-bond acceptors (Lipinski definition) is 2. The fourth-order valence-corrected chi connectivity index (χ4v) is 2.87. The number of nitrogens with one attached hydrogen (secondary N) is 1. The van der Waals surface area contributed by atoms with E-state index in [4.69, 9.17) is 16.3 Å². The molecule has 0 aromatic heterocycles. The van der Waals surface area contributed by atoms with Gasteiger partial charge in [0.1, 0.15) is 18.2 Å². The van der Waals surface area contributed by atoms with Crippen molar-refractivity contribution in [1.29, 1.82) is 0 Å². The van der Waals surface area contributed by atoms with Crippen LogP contribution < -0.4 is 10.1 Å². The first kappa shape index (κ1) is 17.8. The quantitative estimate of drug-likeness (QED) is 0.496. The van der Waals surface area contributed by atoms with Crippen LogP contribution in [0, 0.1) is 5.82 Å². The summed E-state index contributed by atoms with van der Waals surface area (Å²) in [7, 11) is 0. The average molecular weight is 421 g/mol. The standard InChI is InChI=1S/C20H16BrClFNO/c21-16-3-10-20(25-13-14-1-6-18(23)7-2-14)15(11-16)12-24-19-8-4-17(22)5-9-19/h1-11,24H,12-13H2. The van der Waals surface area contributed by atoms with Crippen molar-refractivity contribution in [2.24, 2.45) is 0 Å². The molecule has 0 heterocycles. The maximum absolute atomic E-state index is 13.0. The van der Waals surface area contributed by atoms with Gasteiger partial charge in [0, 0.05) is 27.3 Å². The summed E-state index contributed by atoms with van der Waals surface area (Å²) in [6.45, 7) is 0.996. The molecule has 0 saturated heterocycles. The summed E-state index contributed by atoms with van der Waals surface area (Å²) in [5, 5.41) is 4.06. The SMILES string of the molecule is Fc1ccc(COc2ccc(Br)cc2CNc2ccc(Cl)cc2)cc1. The van der Waals surface area contributed by atoms with Gasteiger partial charge in [-0.15, -0.1) is 0 Å². The molecule has 0 fully saturated rings. The van der Waals surface area contributed by atoms with Crippen molar-refractivity contribution in [3.05, 3.63) is 93.2 Å². The molecule has 0 spiro atoms. The van der Waals surface area contributed by atoms with Gasteiger partial charge in [-0.2, -0.15) is 0 Å². The Balaban J connectivity index is 1.69. The largest absolute Gasteiger partial charge is 0.489 e. The molecule has 128 valence electrons. The number of rotatable bonds is 6. The molecule has 0 aliphatic carbocycles. The van der Waals surface area contributed by atoms with Crippen LogP contribution in [0.3, 0.4) is 0 Å². The zero-order valence-corrected chi connectivity index (χ0v) is 15.6. The molecule has 3 aromatic carbocycles. The fraction of sp³-hybridized carbons (Fsp3) is 0.100. The summed E-state index contributed by atoms with van der Waals surface area (Å²) in [6.07, 6.45) is 0. The van der Waals surface area contributed by atoms with Crippen LogP contribution in [0.5, 0.6) is 5.75 Å². The van der Waals surface area contributed by atoms with E-state index in [1.54, 1.807) is 12.1 Å². The molecule has 2 nitrogen and oxygen atoms in total. The Labute approximate surface area is 159 Å². The van der Waals surface area contributed by atoms with Gasteiger partial charge in [0.25, 0.3) is 0 Å². The normalized spacial score (nSPS) is 10.5. The summed E-state index contributed by atoms with van der Waals surface area (Å²) >= 11 is 9.40. The first-order chi connectivity index (χ1) is 12.1. The molecular weight excluding hydrogens is 405 g/mol. The highest BCUT2D eigenvalue weighted by Gasteiger charge is 2.06. The lowest BCUT2D eigenvalue weighted by Crippen LogP contribution is -2.04. The maximum atomic E-state index is 13.0. The predicted molar refractivity (Wildman–Crippen MR) is 104 cm³/mol. The number of anilines is 1. The second kappa shape index (κ2) is 8.37. The molecule has 0 aliphatic heterocycles. The molecule has 25 heavy (non-hydrogen) atoms. The average Bonchev–Trinajstić information content (AvgIpc) is 2.62. The van der Waals surface area contributed by atoms with Gasteiger partial charge in [0.05, 0.1) is 0 Å². The Morgan fingerprint density at radius 3 is 2.40 bits per heavy atom. The van der Waals surface area contributed by atoms with E-state index < -0.39 is 0 Å². The predicted octanol–water partition coefficient (Wildman–Crippen LogP) is 6.43. The molecule has 0 unspecified atom stereocenters. The lowest BCUT2D eigenvalue weighted by atomic mass is 10.2. The Hall–Kier alpha value is -2.04. The molecule has 0 aliphatic rings. The number of ether oxygens (including phenoxy) is 1. The summed E-state index contributed by atoms with van der Waals surface area (Å²) in [4.78, 5) is 0. The molecule has 3 rings (SSSR count). The van der Waals surface area contributed by atoms with Gasteiger partial charge in [-0.3, -0.25) is 0 Å². The van der Waals surface area contributed by atoms with E-state index in [1.165, 1.54) is 12.1 Å². The molecule has 0 radical (unpaired) electrons. The fourth-order valence-electron chi connectivity index (χ4n) is 2.33. The molecule has 3 aromatic rings. The van der Waals surface area contributed by atoms with Gasteiger partial charge >= 0.3 is 0 Å². The van der Waals surface area contributed by atoms with Crippen LogP contribution in [0.4, 0.5) is 10.1 Å². The van der Waals surface area contributed by atoms with E-state index in [0.29, 0.717) is 18.2 Å². The van der Waals surface area contributed by atoms with E-state index in [1.807, 2.05) is 42.5 Å². The zero-order chi connectivity index (χ0) is 17.6. The van der Waals surface area contributed by atoms with Crippen molar-refractivity contribution in [1.82, 2.24) is 0 Å². The van der Waals surface area contributed by atoms with Gasteiger partial charge < -0.3 is 10.1 Å². The molecule has 0 bridgehead atoms. The third-order valence-electron chi connectivity index (χ3n) is 3.66. The van der Waals surface area contributed by atoms with Gasteiger partial charge in [-0.25, -0.2) is 4.39 Å². The van der Waals surface area contributed by atoms with E-state index >= 15 is 0 Å². The first-order valence-electron chi connectivity index (χ1n) is 7.75. The van der Waals surface area contributed by atoms with Crippen LogP contribution in [-0.2, 0) is 13.2 Å². The van der Waals surface area contributed by atoms with Crippen molar-refractivity contribution < 1.29 is 9.13 Å². The molecular formula is C20H16BrClFNO. The number of benzene rings is 3. The van der Waals surface area contributed by atoms with E-state index in [-0.39, 0.29) is 5.82 Å². The van der Waals surface area contributed by atoms with Crippen LogP contribution in [0.2, 0.25) is 5.02 Å². The van der Waals surface area contributed by atoms with Crippen LogP contribution >= 0.6 is 27.5 Å². The minimum atomic E-state index is -0.250. The molecule has 0 atom stereocenters. The summed E-state index contributed by atoms with van der Waals surface area (Å²) in [6, 6.07) is 19.7. The lowest BCUT2D eigenvalue weighted by Gasteiger charge is -2.14. The molecule has 0 saturated carbocycles. The molecule has 0 amide bonds.